The lowest BCUT2D eigenvalue weighted by atomic mass is 10.0. The third-order valence-electron chi connectivity index (χ3n) is 4.29. The Bertz CT molecular complexity index is 813. The molecule has 2 atom stereocenters. The molecular formula is C22H28Cl2N2O3. The fraction of sp³-hybridized carbons (Fsp3) is 0.364. The molecule has 2 aromatic rings. The van der Waals surface area contributed by atoms with Gasteiger partial charge in [0.25, 0.3) is 0 Å². The topological polar surface area (TPSA) is 81.4 Å². The van der Waals surface area contributed by atoms with Gasteiger partial charge >= 0.3 is 5.97 Å². The lowest BCUT2D eigenvalue weighted by Gasteiger charge is -2.21. The summed E-state index contributed by atoms with van der Waals surface area (Å²) in [6.07, 6.45) is 0.849. The van der Waals surface area contributed by atoms with Crippen molar-refractivity contribution in [3.8, 4) is 5.75 Å². The molecule has 5 nitrogen and oxygen atoms in total. The van der Waals surface area contributed by atoms with Crippen molar-refractivity contribution in [3.05, 3.63) is 64.7 Å². The summed E-state index contributed by atoms with van der Waals surface area (Å²) in [5.74, 6) is -0.219. The molecule has 7 heteroatoms. The van der Waals surface area contributed by atoms with Crippen LogP contribution in [0.15, 0.2) is 48.5 Å². The van der Waals surface area contributed by atoms with Crippen LogP contribution in [-0.4, -0.2) is 24.0 Å². The van der Waals surface area contributed by atoms with E-state index in [1.54, 1.807) is 25.1 Å². The molecule has 0 unspecified atom stereocenters. The summed E-state index contributed by atoms with van der Waals surface area (Å²) in [4.78, 5) is 25.3. The van der Waals surface area contributed by atoms with Gasteiger partial charge in [-0.3, -0.25) is 4.79 Å². The molecular weight excluding hydrogens is 411 g/mol. The van der Waals surface area contributed by atoms with Gasteiger partial charge in [-0.2, -0.15) is 0 Å². The van der Waals surface area contributed by atoms with Crippen molar-refractivity contribution in [1.82, 2.24) is 5.32 Å². The predicted molar refractivity (Wildman–Crippen MR) is 119 cm³/mol. The Morgan fingerprint density at radius 1 is 1.14 bits per heavy atom. The van der Waals surface area contributed by atoms with E-state index < -0.39 is 18.1 Å². The van der Waals surface area contributed by atoms with E-state index in [1.165, 1.54) is 0 Å². The number of amides is 1. The Hall–Kier alpha value is -2.08. The van der Waals surface area contributed by atoms with Gasteiger partial charge in [0.2, 0.25) is 5.91 Å². The van der Waals surface area contributed by atoms with Crippen molar-refractivity contribution < 1.29 is 14.3 Å². The molecule has 0 saturated carbocycles. The van der Waals surface area contributed by atoms with Gasteiger partial charge in [-0.25, -0.2) is 4.79 Å². The van der Waals surface area contributed by atoms with Gasteiger partial charge in [0.05, 0.1) is 6.04 Å². The van der Waals surface area contributed by atoms with Crippen LogP contribution in [0.3, 0.4) is 0 Å². The van der Waals surface area contributed by atoms with Crippen LogP contribution in [0.1, 0.15) is 31.4 Å². The summed E-state index contributed by atoms with van der Waals surface area (Å²) in [5, 5.41) is 3.32. The SMILES string of the molecule is Cc1cc(Cl)ccc1OC(=O)[C@H](Cc1ccccc1)NC(=O)[C@@H](N)CC(C)C.Cl. The van der Waals surface area contributed by atoms with Crippen LogP contribution in [0.2, 0.25) is 5.02 Å². The average molecular weight is 439 g/mol. The summed E-state index contributed by atoms with van der Waals surface area (Å²) < 4.78 is 5.54. The zero-order valence-corrected chi connectivity index (χ0v) is 18.4. The predicted octanol–water partition coefficient (Wildman–Crippen LogP) is 4.08. The van der Waals surface area contributed by atoms with Gasteiger partial charge < -0.3 is 15.8 Å². The monoisotopic (exact) mass is 438 g/mol. The molecule has 2 rings (SSSR count). The highest BCUT2D eigenvalue weighted by Crippen LogP contribution is 2.22. The third kappa shape index (κ3) is 8.05. The number of carbonyl (C=O) groups is 2. The Morgan fingerprint density at radius 3 is 2.38 bits per heavy atom. The van der Waals surface area contributed by atoms with Crippen molar-refractivity contribution in [3.63, 3.8) is 0 Å². The fourth-order valence-corrected chi connectivity index (χ4v) is 3.07. The Kier molecular flexibility index (Phi) is 10.2. The van der Waals surface area contributed by atoms with Crippen LogP contribution in [0.4, 0.5) is 0 Å². The van der Waals surface area contributed by atoms with Gasteiger partial charge in [-0.05, 0) is 48.6 Å². The van der Waals surface area contributed by atoms with Gasteiger partial charge in [0.1, 0.15) is 11.8 Å². The van der Waals surface area contributed by atoms with E-state index in [4.69, 9.17) is 22.1 Å². The Morgan fingerprint density at radius 2 is 1.79 bits per heavy atom. The summed E-state index contributed by atoms with van der Waals surface area (Å²) in [5.41, 5.74) is 7.62. The van der Waals surface area contributed by atoms with Crippen molar-refractivity contribution in [2.24, 2.45) is 11.7 Å². The second-order valence-electron chi connectivity index (χ2n) is 7.32. The molecule has 0 aliphatic carbocycles. The summed E-state index contributed by atoms with van der Waals surface area (Å²) in [7, 11) is 0. The number of carbonyl (C=O) groups excluding carboxylic acids is 2. The molecule has 3 N–H and O–H groups in total. The molecule has 0 spiro atoms. The van der Waals surface area contributed by atoms with Crippen molar-refractivity contribution in [2.75, 3.05) is 0 Å². The molecule has 0 bridgehead atoms. The van der Waals surface area contributed by atoms with Crippen LogP contribution < -0.4 is 15.8 Å². The number of nitrogens with two attached hydrogens (primary N) is 1. The van der Waals surface area contributed by atoms with E-state index in [2.05, 4.69) is 5.32 Å². The molecule has 158 valence electrons. The number of rotatable bonds is 8. The number of halogens is 2. The number of hydrogen-bond donors (Lipinski definition) is 2. The molecule has 0 saturated heterocycles. The highest BCUT2D eigenvalue weighted by molar-refractivity contribution is 6.30. The largest absolute Gasteiger partial charge is 0.425 e. The second-order valence-corrected chi connectivity index (χ2v) is 7.75. The number of hydrogen-bond acceptors (Lipinski definition) is 4. The van der Waals surface area contributed by atoms with E-state index in [0.29, 0.717) is 23.6 Å². The number of ether oxygens (including phenoxy) is 1. The fourth-order valence-electron chi connectivity index (χ4n) is 2.84. The van der Waals surface area contributed by atoms with Gasteiger partial charge in [-0.15, -0.1) is 12.4 Å². The standard InChI is InChI=1S/C22H27ClN2O3.ClH/c1-14(2)11-18(24)21(26)25-19(13-16-7-5-4-6-8-16)22(27)28-20-10-9-17(23)12-15(20)3;/h4-10,12,14,18-19H,11,13,24H2,1-3H3,(H,25,26);1H/t18-,19-;/m0./s1. The summed E-state index contributed by atoms with van der Waals surface area (Å²) in [6.45, 7) is 5.79. The first-order chi connectivity index (χ1) is 13.3. The van der Waals surface area contributed by atoms with E-state index in [0.717, 1.165) is 11.1 Å². The van der Waals surface area contributed by atoms with E-state index >= 15 is 0 Å². The average Bonchev–Trinajstić information content (AvgIpc) is 2.63. The zero-order valence-electron chi connectivity index (χ0n) is 16.9. The highest BCUT2D eigenvalue weighted by atomic mass is 35.5. The van der Waals surface area contributed by atoms with E-state index in [9.17, 15) is 9.59 Å². The summed E-state index contributed by atoms with van der Waals surface area (Å²) >= 11 is 5.96. The molecule has 0 heterocycles. The Labute approximate surface area is 183 Å². The van der Waals surface area contributed by atoms with E-state index in [-0.39, 0.29) is 24.2 Å². The lowest BCUT2D eigenvalue weighted by molar-refractivity contribution is -0.139. The number of nitrogens with one attached hydrogen (secondary N) is 1. The number of benzene rings is 2. The first-order valence-electron chi connectivity index (χ1n) is 9.34. The van der Waals surface area contributed by atoms with Crippen LogP contribution in [-0.2, 0) is 16.0 Å². The minimum Gasteiger partial charge on any atom is -0.425 e. The van der Waals surface area contributed by atoms with Crippen LogP contribution in [0.25, 0.3) is 0 Å². The first-order valence-corrected chi connectivity index (χ1v) is 9.71. The zero-order chi connectivity index (χ0) is 20.7. The van der Waals surface area contributed by atoms with Crippen LogP contribution in [0, 0.1) is 12.8 Å². The number of esters is 1. The van der Waals surface area contributed by atoms with Crippen LogP contribution in [0.5, 0.6) is 5.75 Å². The first kappa shape index (κ1) is 25.0. The lowest BCUT2D eigenvalue weighted by Crippen LogP contribution is -2.50. The van der Waals surface area contributed by atoms with Crippen molar-refractivity contribution >= 4 is 35.9 Å². The molecule has 0 radical (unpaired) electrons. The smallest absolute Gasteiger partial charge is 0.334 e. The summed E-state index contributed by atoms with van der Waals surface area (Å²) in [6, 6.07) is 12.9. The molecule has 1 amide bonds. The van der Waals surface area contributed by atoms with Crippen LogP contribution >= 0.6 is 24.0 Å². The van der Waals surface area contributed by atoms with Crippen molar-refractivity contribution in [2.45, 2.75) is 45.7 Å². The Balaban J connectivity index is 0.00000420. The maximum absolute atomic E-state index is 12.8. The molecule has 29 heavy (non-hydrogen) atoms. The quantitative estimate of drug-likeness (QED) is 0.480. The third-order valence-corrected chi connectivity index (χ3v) is 4.53. The van der Waals surface area contributed by atoms with E-state index in [1.807, 2.05) is 44.2 Å². The number of aryl methyl sites for hydroxylation is 1. The molecule has 0 aliphatic rings. The normalized spacial score (nSPS) is 12.6. The molecule has 0 aromatic heterocycles. The van der Waals surface area contributed by atoms with Gasteiger partial charge in [-0.1, -0.05) is 55.8 Å². The molecule has 2 aromatic carbocycles. The highest BCUT2D eigenvalue weighted by Gasteiger charge is 2.26. The van der Waals surface area contributed by atoms with Gasteiger partial charge in [0, 0.05) is 11.4 Å². The minimum atomic E-state index is -0.844. The van der Waals surface area contributed by atoms with Gasteiger partial charge in [0.15, 0.2) is 0 Å². The van der Waals surface area contributed by atoms with Crippen molar-refractivity contribution in [1.29, 1.82) is 0 Å². The molecule has 0 aliphatic heterocycles. The molecule has 0 fully saturated rings. The minimum absolute atomic E-state index is 0. The maximum Gasteiger partial charge on any atom is 0.334 e. The second kappa shape index (κ2) is 11.8. The maximum atomic E-state index is 12.8.